The number of rotatable bonds is 5. The molecule has 2 aromatic rings. The molecule has 0 aromatic heterocycles. The standard InChI is InChI=1S/C19H15ClO7/c1-23-15-7-11(4-6-17(21)24-2)3-5-14(15)27-19(22)12-8-13(20)18-16(9-12)25-10-26-18/h3-9H,10H2,1-2H3/b6-4+. The average molecular weight is 391 g/mol. The van der Waals surface area contributed by atoms with Crippen molar-refractivity contribution in [1.82, 2.24) is 0 Å². The Hall–Kier alpha value is -3.19. The highest BCUT2D eigenvalue weighted by molar-refractivity contribution is 6.32. The number of methoxy groups -OCH3 is 2. The number of carbonyl (C=O) groups is 2. The summed E-state index contributed by atoms with van der Waals surface area (Å²) in [5.41, 5.74) is 0.879. The van der Waals surface area contributed by atoms with Crippen LogP contribution < -0.4 is 18.9 Å². The van der Waals surface area contributed by atoms with Crippen LogP contribution in [0.3, 0.4) is 0 Å². The molecular weight excluding hydrogens is 376 g/mol. The Bertz CT molecular complexity index is 921. The van der Waals surface area contributed by atoms with Crippen LogP contribution >= 0.6 is 11.6 Å². The molecule has 1 heterocycles. The highest BCUT2D eigenvalue weighted by Crippen LogP contribution is 2.40. The minimum absolute atomic E-state index is 0.0436. The fourth-order valence-corrected chi connectivity index (χ4v) is 2.61. The molecule has 0 amide bonds. The van der Waals surface area contributed by atoms with Gasteiger partial charge in [-0.2, -0.15) is 0 Å². The molecule has 0 atom stereocenters. The first-order chi connectivity index (χ1) is 13.0. The molecule has 0 radical (unpaired) electrons. The third-order valence-corrected chi connectivity index (χ3v) is 3.95. The molecule has 7 nitrogen and oxygen atoms in total. The Labute approximate surface area is 160 Å². The number of hydrogen-bond donors (Lipinski definition) is 0. The van der Waals surface area contributed by atoms with E-state index in [1.807, 2.05) is 0 Å². The number of halogens is 1. The first-order valence-electron chi connectivity index (χ1n) is 7.77. The van der Waals surface area contributed by atoms with E-state index in [1.165, 1.54) is 32.4 Å². The summed E-state index contributed by atoms with van der Waals surface area (Å²) in [6.07, 6.45) is 2.83. The van der Waals surface area contributed by atoms with Crippen molar-refractivity contribution >= 4 is 29.6 Å². The molecule has 3 rings (SSSR count). The van der Waals surface area contributed by atoms with Crippen molar-refractivity contribution in [1.29, 1.82) is 0 Å². The van der Waals surface area contributed by atoms with Crippen LogP contribution in [0.25, 0.3) is 6.08 Å². The lowest BCUT2D eigenvalue weighted by molar-refractivity contribution is -0.134. The van der Waals surface area contributed by atoms with E-state index < -0.39 is 11.9 Å². The molecule has 8 heteroatoms. The third kappa shape index (κ3) is 4.15. The van der Waals surface area contributed by atoms with Crippen LogP contribution in [0.15, 0.2) is 36.4 Å². The summed E-state index contributed by atoms with van der Waals surface area (Å²) in [6, 6.07) is 7.78. The Morgan fingerprint density at radius 2 is 1.93 bits per heavy atom. The van der Waals surface area contributed by atoms with E-state index in [0.29, 0.717) is 22.8 Å². The number of benzene rings is 2. The van der Waals surface area contributed by atoms with Crippen molar-refractivity contribution in [2.75, 3.05) is 21.0 Å². The van der Waals surface area contributed by atoms with E-state index in [1.54, 1.807) is 24.3 Å². The molecule has 140 valence electrons. The third-order valence-electron chi connectivity index (χ3n) is 3.67. The van der Waals surface area contributed by atoms with Crippen molar-refractivity contribution in [3.8, 4) is 23.0 Å². The van der Waals surface area contributed by atoms with Gasteiger partial charge < -0.3 is 23.7 Å². The van der Waals surface area contributed by atoms with Crippen LogP contribution in [0.2, 0.25) is 5.02 Å². The van der Waals surface area contributed by atoms with Gasteiger partial charge in [0.1, 0.15) is 0 Å². The van der Waals surface area contributed by atoms with E-state index in [-0.39, 0.29) is 23.1 Å². The van der Waals surface area contributed by atoms with Crippen LogP contribution in [0.5, 0.6) is 23.0 Å². The molecule has 0 saturated heterocycles. The molecule has 1 aliphatic heterocycles. The van der Waals surface area contributed by atoms with Crippen LogP contribution in [-0.2, 0) is 9.53 Å². The molecule has 0 N–H and O–H groups in total. The smallest absolute Gasteiger partial charge is 0.343 e. The second-order valence-electron chi connectivity index (χ2n) is 5.35. The van der Waals surface area contributed by atoms with E-state index in [4.69, 9.17) is 30.5 Å². The predicted molar refractivity (Wildman–Crippen MR) is 96.6 cm³/mol. The van der Waals surface area contributed by atoms with Crippen molar-refractivity contribution < 1.29 is 33.3 Å². The van der Waals surface area contributed by atoms with E-state index in [9.17, 15) is 9.59 Å². The second kappa shape index (κ2) is 8.01. The van der Waals surface area contributed by atoms with Gasteiger partial charge in [-0.1, -0.05) is 17.7 Å². The normalized spacial score (nSPS) is 12.1. The van der Waals surface area contributed by atoms with E-state index in [0.717, 1.165) is 0 Å². The van der Waals surface area contributed by atoms with E-state index in [2.05, 4.69) is 4.74 Å². The summed E-state index contributed by atoms with van der Waals surface area (Å²) in [7, 11) is 2.73. The average Bonchev–Trinajstić information content (AvgIpc) is 3.16. The highest BCUT2D eigenvalue weighted by atomic mass is 35.5. The van der Waals surface area contributed by atoms with Gasteiger partial charge in [0.15, 0.2) is 23.0 Å². The molecular formula is C19H15ClO7. The van der Waals surface area contributed by atoms with Gasteiger partial charge in [0.2, 0.25) is 6.79 Å². The predicted octanol–water partition coefficient (Wildman–Crippen LogP) is 3.48. The summed E-state index contributed by atoms with van der Waals surface area (Å²) in [6.45, 7) is 0.0436. The number of esters is 2. The molecule has 0 aliphatic carbocycles. The second-order valence-corrected chi connectivity index (χ2v) is 5.76. The molecule has 0 unspecified atom stereocenters. The summed E-state index contributed by atoms with van der Waals surface area (Å²) in [4.78, 5) is 23.6. The zero-order valence-corrected chi connectivity index (χ0v) is 15.2. The highest BCUT2D eigenvalue weighted by Gasteiger charge is 2.22. The number of ether oxygens (including phenoxy) is 5. The van der Waals surface area contributed by atoms with Gasteiger partial charge in [-0.05, 0) is 35.9 Å². The zero-order chi connectivity index (χ0) is 19.4. The Balaban J connectivity index is 1.81. The van der Waals surface area contributed by atoms with Crippen LogP contribution in [0, 0.1) is 0 Å². The Morgan fingerprint density at radius 1 is 1.11 bits per heavy atom. The fraction of sp³-hybridized carbons (Fsp3) is 0.158. The topological polar surface area (TPSA) is 80.3 Å². The quantitative estimate of drug-likeness (QED) is 0.439. The largest absolute Gasteiger partial charge is 0.493 e. The lowest BCUT2D eigenvalue weighted by atomic mass is 10.1. The maximum atomic E-state index is 12.5. The number of carbonyl (C=O) groups excluding carboxylic acids is 2. The van der Waals surface area contributed by atoms with Crippen molar-refractivity contribution in [2.24, 2.45) is 0 Å². The van der Waals surface area contributed by atoms with Crippen LogP contribution in [0.1, 0.15) is 15.9 Å². The Kier molecular flexibility index (Phi) is 5.52. The molecule has 0 saturated carbocycles. The lowest BCUT2D eigenvalue weighted by Crippen LogP contribution is -2.09. The maximum absolute atomic E-state index is 12.5. The SMILES string of the molecule is COC(=O)/C=C/c1ccc(OC(=O)c2cc(Cl)c3c(c2)OCO3)c(OC)c1. The monoisotopic (exact) mass is 390 g/mol. The number of fused-ring (bicyclic) bond motifs is 1. The summed E-state index contributed by atoms with van der Waals surface area (Å²) < 4.78 is 25.7. The van der Waals surface area contributed by atoms with Crippen LogP contribution in [-0.4, -0.2) is 33.0 Å². The first kappa shape index (κ1) is 18.6. The summed E-state index contributed by atoms with van der Waals surface area (Å²) in [5.74, 6) is 0.196. The van der Waals surface area contributed by atoms with Crippen molar-refractivity contribution in [2.45, 2.75) is 0 Å². The summed E-state index contributed by atoms with van der Waals surface area (Å²) in [5, 5.41) is 0.257. The zero-order valence-electron chi connectivity index (χ0n) is 14.5. The van der Waals surface area contributed by atoms with Gasteiger partial charge in [0.25, 0.3) is 0 Å². The maximum Gasteiger partial charge on any atom is 0.343 e. The summed E-state index contributed by atoms with van der Waals surface area (Å²) >= 11 is 6.09. The van der Waals surface area contributed by atoms with Gasteiger partial charge in [0.05, 0.1) is 24.8 Å². The molecule has 0 fully saturated rings. The molecule has 2 aromatic carbocycles. The Morgan fingerprint density at radius 3 is 2.67 bits per heavy atom. The first-order valence-corrected chi connectivity index (χ1v) is 8.15. The fourth-order valence-electron chi connectivity index (χ4n) is 2.35. The van der Waals surface area contributed by atoms with Crippen LogP contribution in [0.4, 0.5) is 0 Å². The minimum Gasteiger partial charge on any atom is -0.493 e. The van der Waals surface area contributed by atoms with Gasteiger partial charge in [-0.25, -0.2) is 9.59 Å². The molecule has 1 aliphatic rings. The molecule has 27 heavy (non-hydrogen) atoms. The van der Waals surface area contributed by atoms with Gasteiger partial charge in [-0.15, -0.1) is 0 Å². The van der Waals surface area contributed by atoms with Gasteiger partial charge in [-0.3, -0.25) is 0 Å². The minimum atomic E-state index is -0.633. The lowest BCUT2D eigenvalue weighted by Gasteiger charge is -2.10. The molecule has 0 spiro atoms. The van der Waals surface area contributed by atoms with Crippen molar-refractivity contribution in [3.05, 3.63) is 52.6 Å². The van der Waals surface area contributed by atoms with E-state index >= 15 is 0 Å². The van der Waals surface area contributed by atoms with Crippen molar-refractivity contribution in [3.63, 3.8) is 0 Å². The number of hydrogen-bond acceptors (Lipinski definition) is 7. The van der Waals surface area contributed by atoms with Gasteiger partial charge >= 0.3 is 11.9 Å². The molecule has 0 bridgehead atoms. The van der Waals surface area contributed by atoms with Gasteiger partial charge in [0, 0.05) is 6.08 Å².